The van der Waals surface area contributed by atoms with E-state index in [9.17, 15) is 8.78 Å². The second-order valence-electron chi connectivity index (χ2n) is 5.36. The summed E-state index contributed by atoms with van der Waals surface area (Å²) in [5.41, 5.74) is 5.34. The summed E-state index contributed by atoms with van der Waals surface area (Å²) in [5, 5.41) is 7.27. The number of halogens is 2. The fourth-order valence-electron chi connectivity index (χ4n) is 2.70. The van der Waals surface area contributed by atoms with Crippen molar-refractivity contribution in [1.29, 1.82) is 5.41 Å². The van der Waals surface area contributed by atoms with Crippen LogP contribution in [0.2, 0.25) is 0 Å². The van der Waals surface area contributed by atoms with Gasteiger partial charge in [-0.2, -0.15) is 0 Å². The fourth-order valence-corrected chi connectivity index (χ4v) is 2.70. The molecule has 0 spiro atoms. The van der Waals surface area contributed by atoms with Crippen LogP contribution < -0.4 is 10.6 Å². The van der Waals surface area contributed by atoms with Crippen molar-refractivity contribution in [2.75, 3.05) is 31.6 Å². The van der Waals surface area contributed by atoms with E-state index in [1.165, 1.54) is 0 Å². The molecule has 0 radical (unpaired) electrons. The Morgan fingerprint density at radius 2 is 1.90 bits per heavy atom. The number of nitrogens with two attached hydrogens (primary N) is 1. The van der Waals surface area contributed by atoms with Gasteiger partial charge in [-0.25, -0.2) is 8.78 Å². The Bertz CT molecular complexity index is 495. The number of nitrogens with zero attached hydrogens (tertiary/aromatic N) is 2. The molecule has 3 N–H and O–H groups in total. The number of hydrogen-bond acceptors (Lipinski definition) is 3. The topological polar surface area (TPSA) is 56.4 Å². The first-order chi connectivity index (χ1) is 9.40. The molecule has 1 unspecified atom stereocenters. The van der Waals surface area contributed by atoms with Crippen LogP contribution in [0.25, 0.3) is 0 Å². The van der Waals surface area contributed by atoms with E-state index >= 15 is 0 Å². The molecule has 0 aromatic heterocycles. The number of rotatable bonds is 2. The van der Waals surface area contributed by atoms with Crippen molar-refractivity contribution in [2.24, 2.45) is 5.73 Å². The van der Waals surface area contributed by atoms with Crippen molar-refractivity contribution in [1.82, 2.24) is 4.90 Å². The molecule has 0 bridgehead atoms. The number of anilines is 1. The third kappa shape index (κ3) is 2.90. The number of likely N-dealkylation sites (N-methyl/N-ethyl adjacent to an activating group) is 1. The normalized spacial score (nSPS) is 20.8. The monoisotopic (exact) mass is 282 g/mol. The molecule has 0 saturated carbocycles. The number of nitrogens with one attached hydrogen (secondary N) is 1. The molecule has 1 atom stereocenters. The van der Waals surface area contributed by atoms with Crippen LogP contribution in [-0.4, -0.2) is 43.5 Å². The largest absolute Gasteiger partial charge is 0.384 e. The highest BCUT2D eigenvalue weighted by Crippen LogP contribution is 2.28. The zero-order valence-electron chi connectivity index (χ0n) is 11.8. The molecular formula is C14H20F2N4. The van der Waals surface area contributed by atoms with Gasteiger partial charge in [0.25, 0.3) is 0 Å². The molecule has 20 heavy (non-hydrogen) atoms. The summed E-state index contributed by atoms with van der Waals surface area (Å²) < 4.78 is 28.4. The van der Waals surface area contributed by atoms with Crippen LogP contribution in [0.5, 0.6) is 0 Å². The van der Waals surface area contributed by atoms with Gasteiger partial charge in [0, 0.05) is 24.7 Å². The first kappa shape index (κ1) is 14.7. The molecule has 0 amide bonds. The Hall–Kier alpha value is -1.69. The van der Waals surface area contributed by atoms with Gasteiger partial charge in [-0.3, -0.25) is 5.41 Å². The van der Waals surface area contributed by atoms with Gasteiger partial charge >= 0.3 is 0 Å². The molecule has 2 rings (SSSR count). The average Bonchev–Trinajstić information content (AvgIpc) is 2.50. The van der Waals surface area contributed by atoms with E-state index in [1.807, 2.05) is 14.0 Å². The minimum atomic E-state index is -0.661. The molecule has 1 aliphatic rings. The van der Waals surface area contributed by atoms with Gasteiger partial charge in [0.1, 0.15) is 23.2 Å². The Kier molecular flexibility index (Phi) is 4.23. The van der Waals surface area contributed by atoms with Gasteiger partial charge in [-0.1, -0.05) is 0 Å². The maximum Gasteiger partial charge on any atom is 0.150 e. The van der Waals surface area contributed by atoms with Gasteiger partial charge in [-0.05, 0) is 39.1 Å². The Balaban J connectivity index is 2.39. The highest BCUT2D eigenvalue weighted by molar-refractivity contribution is 5.95. The lowest BCUT2D eigenvalue weighted by molar-refractivity contribution is 0.336. The van der Waals surface area contributed by atoms with E-state index in [4.69, 9.17) is 11.1 Å². The van der Waals surface area contributed by atoms with E-state index in [0.29, 0.717) is 6.54 Å². The summed E-state index contributed by atoms with van der Waals surface area (Å²) in [4.78, 5) is 3.92. The molecule has 1 heterocycles. The Morgan fingerprint density at radius 1 is 1.30 bits per heavy atom. The van der Waals surface area contributed by atoms with Crippen molar-refractivity contribution < 1.29 is 8.78 Å². The molecule has 0 aliphatic carbocycles. The predicted molar refractivity (Wildman–Crippen MR) is 76.3 cm³/mol. The lowest BCUT2D eigenvalue weighted by Crippen LogP contribution is -2.39. The summed E-state index contributed by atoms with van der Waals surface area (Å²) in [7, 11) is 2.01. The lowest BCUT2D eigenvalue weighted by atomic mass is 10.1. The second kappa shape index (κ2) is 5.75. The van der Waals surface area contributed by atoms with Crippen LogP contribution >= 0.6 is 0 Å². The third-order valence-corrected chi connectivity index (χ3v) is 3.66. The molecule has 1 fully saturated rings. The Labute approximate surface area is 117 Å². The quantitative estimate of drug-likeness (QED) is 0.642. The van der Waals surface area contributed by atoms with Crippen LogP contribution in [0.15, 0.2) is 12.1 Å². The highest BCUT2D eigenvalue weighted by Gasteiger charge is 2.25. The average molecular weight is 282 g/mol. The number of amidine groups is 1. The van der Waals surface area contributed by atoms with Gasteiger partial charge in [0.15, 0.2) is 0 Å². The summed E-state index contributed by atoms with van der Waals surface area (Å²) in [6.07, 6.45) is 0.855. The molecule has 1 aromatic rings. The first-order valence-electron chi connectivity index (χ1n) is 6.68. The highest BCUT2D eigenvalue weighted by atomic mass is 19.1. The minimum Gasteiger partial charge on any atom is -0.384 e. The van der Waals surface area contributed by atoms with E-state index in [2.05, 4.69) is 4.90 Å². The van der Waals surface area contributed by atoms with Gasteiger partial charge in [0.05, 0.1) is 0 Å². The van der Waals surface area contributed by atoms with Crippen LogP contribution in [0.1, 0.15) is 18.9 Å². The van der Waals surface area contributed by atoms with E-state index < -0.39 is 11.6 Å². The zero-order chi connectivity index (χ0) is 14.9. The molecule has 6 heteroatoms. The number of nitrogen functional groups attached to an aromatic ring is 1. The third-order valence-electron chi connectivity index (χ3n) is 3.66. The van der Waals surface area contributed by atoms with Crippen LogP contribution in [0.3, 0.4) is 0 Å². The number of benzene rings is 1. The molecule has 4 nitrogen and oxygen atoms in total. The molecular weight excluding hydrogens is 262 g/mol. The van der Waals surface area contributed by atoms with Crippen LogP contribution in [0.4, 0.5) is 14.5 Å². The molecule has 1 saturated heterocycles. The van der Waals surface area contributed by atoms with Gasteiger partial charge < -0.3 is 15.5 Å². The summed E-state index contributed by atoms with van der Waals surface area (Å²) >= 11 is 0. The van der Waals surface area contributed by atoms with Crippen molar-refractivity contribution in [3.63, 3.8) is 0 Å². The predicted octanol–water partition coefficient (Wildman–Crippen LogP) is 1.78. The molecule has 1 aliphatic heterocycles. The maximum absolute atomic E-state index is 14.2. The Morgan fingerprint density at radius 3 is 2.45 bits per heavy atom. The minimum absolute atomic E-state index is 0.0159. The summed E-state index contributed by atoms with van der Waals surface area (Å²) in [6, 6.07) is 2.28. The van der Waals surface area contributed by atoms with E-state index in [-0.39, 0.29) is 23.1 Å². The SMILES string of the molecule is CC1CN(C)CCCN1c1c(F)cc(C(=N)N)cc1F. The standard InChI is InChI=1S/C14H20F2N4/c1-9-8-19(2)4-3-5-20(9)13-11(15)6-10(14(17)18)7-12(13)16/h6-7,9H,3-5,8H2,1-2H3,(H3,17,18). The number of hydrogen-bond donors (Lipinski definition) is 2. The van der Waals surface area contributed by atoms with E-state index in [0.717, 1.165) is 31.6 Å². The van der Waals surface area contributed by atoms with Crippen LogP contribution in [0, 0.1) is 17.0 Å². The van der Waals surface area contributed by atoms with Crippen molar-refractivity contribution in [3.8, 4) is 0 Å². The maximum atomic E-state index is 14.2. The summed E-state index contributed by atoms with van der Waals surface area (Å²) in [5.74, 6) is -1.66. The molecule has 1 aromatic carbocycles. The smallest absolute Gasteiger partial charge is 0.150 e. The second-order valence-corrected chi connectivity index (χ2v) is 5.36. The summed E-state index contributed by atoms with van der Waals surface area (Å²) in [6.45, 7) is 4.24. The zero-order valence-corrected chi connectivity index (χ0v) is 11.8. The fraction of sp³-hybridized carbons (Fsp3) is 0.500. The van der Waals surface area contributed by atoms with Crippen molar-refractivity contribution in [3.05, 3.63) is 29.3 Å². The molecule has 110 valence electrons. The first-order valence-corrected chi connectivity index (χ1v) is 6.68. The van der Waals surface area contributed by atoms with Gasteiger partial charge in [-0.15, -0.1) is 0 Å². The van der Waals surface area contributed by atoms with Crippen molar-refractivity contribution in [2.45, 2.75) is 19.4 Å². The van der Waals surface area contributed by atoms with E-state index in [1.54, 1.807) is 4.90 Å². The van der Waals surface area contributed by atoms with Gasteiger partial charge in [0.2, 0.25) is 0 Å². The van der Waals surface area contributed by atoms with Crippen LogP contribution in [-0.2, 0) is 0 Å². The lowest BCUT2D eigenvalue weighted by Gasteiger charge is -2.30. The van der Waals surface area contributed by atoms with Crippen molar-refractivity contribution >= 4 is 11.5 Å².